The van der Waals surface area contributed by atoms with E-state index < -0.39 is 5.60 Å². The van der Waals surface area contributed by atoms with Crippen LogP contribution in [-0.2, 0) is 4.74 Å². The molecule has 2 N–H and O–H groups in total. The summed E-state index contributed by atoms with van der Waals surface area (Å²) in [5, 5.41) is 7.02. The zero-order chi connectivity index (χ0) is 15.7. The van der Waals surface area contributed by atoms with Crippen LogP contribution in [0, 0.1) is 5.92 Å². The number of nitrogens with zero attached hydrogens (tertiary/aromatic N) is 2. The minimum absolute atomic E-state index is 0.214. The number of ether oxygens (including phenoxy) is 1. The molecule has 1 aromatic heterocycles. The molecule has 2 atom stereocenters. The Labute approximate surface area is 131 Å². The maximum Gasteiger partial charge on any atom is 0.410 e. The van der Waals surface area contributed by atoms with Gasteiger partial charge in [0.05, 0.1) is 17.6 Å². The number of anilines is 2. The number of piperidine rings is 1. The van der Waals surface area contributed by atoms with Gasteiger partial charge in [0.15, 0.2) is 0 Å². The molecule has 2 aliphatic heterocycles. The maximum atomic E-state index is 12.2. The van der Waals surface area contributed by atoms with Gasteiger partial charge >= 0.3 is 6.09 Å². The lowest BCUT2D eigenvalue weighted by atomic mass is 9.92. The Morgan fingerprint density at radius 1 is 1.41 bits per heavy atom. The number of rotatable bonds is 0. The smallest absolute Gasteiger partial charge is 0.410 e. The fourth-order valence-corrected chi connectivity index (χ4v) is 3.03. The molecule has 2 aliphatic rings. The Kier molecular flexibility index (Phi) is 3.85. The van der Waals surface area contributed by atoms with E-state index in [2.05, 4.69) is 15.6 Å². The summed E-state index contributed by atoms with van der Waals surface area (Å²) in [5.74, 6) is 0.355. The molecule has 1 saturated heterocycles. The second-order valence-corrected chi connectivity index (χ2v) is 7.03. The molecule has 1 amide bonds. The van der Waals surface area contributed by atoms with Crippen molar-refractivity contribution in [2.75, 3.05) is 30.3 Å². The van der Waals surface area contributed by atoms with Gasteiger partial charge in [0.1, 0.15) is 5.60 Å². The van der Waals surface area contributed by atoms with Gasteiger partial charge in [-0.15, -0.1) is 0 Å². The first kappa shape index (κ1) is 14.9. The van der Waals surface area contributed by atoms with E-state index in [0.717, 1.165) is 30.9 Å². The Bertz CT molecular complexity index is 555. The predicted octanol–water partition coefficient (Wildman–Crippen LogP) is 2.54. The Morgan fingerprint density at radius 2 is 2.23 bits per heavy atom. The average molecular weight is 304 g/mol. The summed E-state index contributed by atoms with van der Waals surface area (Å²) in [6.07, 6.45) is 4.34. The van der Waals surface area contributed by atoms with E-state index >= 15 is 0 Å². The zero-order valence-corrected chi connectivity index (χ0v) is 13.4. The molecule has 6 heteroatoms. The van der Waals surface area contributed by atoms with Crippen LogP contribution in [0.1, 0.15) is 27.2 Å². The topological polar surface area (TPSA) is 66.5 Å². The number of likely N-dealkylation sites (tertiary alicyclic amines) is 1. The molecule has 22 heavy (non-hydrogen) atoms. The summed E-state index contributed by atoms with van der Waals surface area (Å²) in [7, 11) is 0. The molecule has 0 aliphatic carbocycles. The average Bonchev–Trinajstić information content (AvgIpc) is 2.63. The van der Waals surface area contributed by atoms with Crippen molar-refractivity contribution >= 4 is 17.5 Å². The van der Waals surface area contributed by atoms with E-state index in [9.17, 15) is 4.79 Å². The van der Waals surface area contributed by atoms with E-state index in [0.29, 0.717) is 18.5 Å². The highest BCUT2D eigenvalue weighted by Crippen LogP contribution is 2.30. The van der Waals surface area contributed by atoms with Crippen LogP contribution in [0.4, 0.5) is 16.2 Å². The number of fused-ring (bicyclic) bond motifs is 2. The molecular formula is C16H24N4O2. The number of nitrogens with one attached hydrogen (secondary N) is 2. The third-order valence-electron chi connectivity index (χ3n) is 4.10. The van der Waals surface area contributed by atoms with E-state index in [-0.39, 0.29) is 6.09 Å². The summed E-state index contributed by atoms with van der Waals surface area (Å²) in [4.78, 5) is 18.2. The molecule has 0 saturated carbocycles. The summed E-state index contributed by atoms with van der Waals surface area (Å²) >= 11 is 0. The molecule has 0 spiro atoms. The second-order valence-electron chi connectivity index (χ2n) is 7.03. The molecule has 0 bridgehead atoms. The number of hydrogen-bond donors (Lipinski definition) is 2. The van der Waals surface area contributed by atoms with Crippen molar-refractivity contribution in [1.82, 2.24) is 9.88 Å². The number of aromatic nitrogens is 1. The van der Waals surface area contributed by atoms with E-state index in [4.69, 9.17) is 4.74 Å². The van der Waals surface area contributed by atoms with E-state index in [1.165, 1.54) is 0 Å². The van der Waals surface area contributed by atoms with Gasteiger partial charge in [0.2, 0.25) is 0 Å². The lowest BCUT2D eigenvalue weighted by Gasteiger charge is -2.38. The van der Waals surface area contributed by atoms with E-state index in [1.807, 2.05) is 37.9 Å². The quantitative estimate of drug-likeness (QED) is 0.771. The van der Waals surface area contributed by atoms with Crippen molar-refractivity contribution in [3.63, 3.8) is 0 Å². The summed E-state index contributed by atoms with van der Waals surface area (Å²) in [6.45, 7) is 7.97. The normalized spacial score (nSPS) is 24.2. The lowest BCUT2D eigenvalue weighted by Crippen LogP contribution is -2.51. The molecular weight excluding hydrogens is 280 g/mol. The van der Waals surface area contributed by atoms with Crippen LogP contribution in [0.25, 0.3) is 0 Å². The van der Waals surface area contributed by atoms with Gasteiger partial charge in [-0.2, -0.15) is 0 Å². The van der Waals surface area contributed by atoms with Crippen LogP contribution in [0.5, 0.6) is 0 Å². The molecule has 1 fully saturated rings. The van der Waals surface area contributed by atoms with Crippen molar-refractivity contribution < 1.29 is 9.53 Å². The van der Waals surface area contributed by atoms with Gasteiger partial charge in [0, 0.05) is 37.8 Å². The van der Waals surface area contributed by atoms with Gasteiger partial charge in [-0.05, 0) is 33.3 Å². The fraction of sp³-hybridized carbons (Fsp3) is 0.625. The zero-order valence-electron chi connectivity index (χ0n) is 13.4. The summed E-state index contributed by atoms with van der Waals surface area (Å²) < 4.78 is 5.49. The van der Waals surface area contributed by atoms with Crippen molar-refractivity contribution in [2.24, 2.45) is 5.92 Å². The van der Waals surface area contributed by atoms with Gasteiger partial charge in [-0.3, -0.25) is 4.98 Å². The predicted molar refractivity (Wildman–Crippen MR) is 86.1 cm³/mol. The monoisotopic (exact) mass is 304 g/mol. The van der Waals surface area contributed by atoms with E-state index in [1.54, 1.807) is 6.20 Å². The fourth-order valence-electron chi connectivity index (χ4n) is 3.03. The van der Waals surface area contributed by atoms with Crippen LogP contribution in [0.3, 0.4) is 0 Å². The molecule has 2 unspecified atom stereocenters. The third-order valence-corrected chi connectivity index (χ3v) is 4.10. The first-order valence-corrected chi connectivity index (χ1v) is 7.85. The van der Waals surface area contributed by atoms with Gasteiger partial charge in [0.25, 0.3) is 0 Å². The van der Waals surface area contributed by atoms with Crippen molar-refractivity contribution in [3.8, 4) is 0 Å². The number of hydrogen-bond acceptors (Lipinski definition) is 5. The van der Waals surface area contributed by atoms with Crippen molar-refractivity contribution in [3.05, 3.63) is 18.5 Å². The lowest BCUT2D eigenvalue weighted by molar-refractivity contribution is 0.0163. The highest BCUT2D eigenvalue weighted by molar-refractivity contribution is 5.70. The van der Waals surface area contributed by atoms with Gasteiger partial charge < -0.3 is 20.3 Å². The minimum Gasteiger partial charge on any atom is -0.444 e. The Hall–Kier alpha value is -1.98. The molecule has 120 valence electrons. The number of amides is 1. The summed E-state index contributed by atoms with van der Waals surface area (Å²) in [6, 6.07) is 2.34. The minimum atomic E-state index is -0.449. The number of pyridine rings is 1. The summed E-state index contributed by atoms with van der Waals surface area (Å²) in [5.41, 5.74) is 1.67. The Morgan fingerprint density at radius 3 is 3.00 bits per heavy atom. The first-order valence-electron chi connectivity index (χ1n) is 7.85. The Balaban J connectivity index is 1.66. The molecule has 0 radical (unpaired) electrons. The van der Waals surface area contributed by atoms with Gasteiger partial charge in [-0.25, -0.2) is 4.79 Å². The molecule has 0 aromatic carbocycles. The van der Waals surface area contributed by atoms with Crippen molar-refractivity contribution in [2.45, 2.75) is 38.8 Å². The van der Waals surface area contributed by atoms with Crippen LogP contribution in [0.15, 0.2) is 18.5 Å². The highest BCUT2D eigenvalue weighted by atomic mass is 16.6. The van der Waals surface area contributed by atoms with Crippen LogP contribution in [0.2, 0.25) is 0 Å². The standard InChI is InChI=1S/C16H24N4O2/c1-16(2,3)22-15(21)20-7-5-12-11(10-20)8-18-13-4-6-17-9-14(13)19-12/h4,6,9,11-12,18-19H,5,7-8,10H2,1-3H3. The van der Waals surface area contributed by atoms with Crippen LogP contribution >= 0.6 is 0 Å². The van der Waals surface area contributed by atoms with Gasteiger partial charge in [-0.1, -0.05) is 0 Å². The molecule has 3 rings (SSSR count). The first-order chi connectivity index (χ1) is 10.4. The molecule has 3 heterocycles. The highest BCUT2D eigenvalue weighted by Gasteiger charge is 2.35. The molecule has 6 nitrogen and oxygen atoms in total. The largest absolute Gasteiger partial charge is 0.444 e. The third kappa shape index (κ3) is 3.26. The van der Waals surface area contributed by atoms with Crippen LogP contribution < -0.4 is 10.6 Å². The second kappa shape index (κ2) is 5.66. The van der Waals surface area contributed by atoms with Crippen LogP contribution in [-0.4, -0.2) is 47.3 Å². The number of carbonyl (C=O) groups is 1. The van der Waals surface area contributed by atoms with Crippen molar-refractivity contribution in [1.29, 1.82) is 0 Å². The number of carbonyl (C=O) groups excluding carboxylic acids is 1. The maximum absolute atomic E-state index is 12.2. The molecule has 1 aromatic rings. The SMILES string of the molecule is CC(C)(C)OC(=O)N1CCC2Nc3cnccc3NCC2C1.